The molecule has 2 aromatic rings. The van der Waals surface area contributed by atoms with Crippen molar-refractivity contribution in [1.29, 1.82) is 0 Å². The van der Waals surface area contributed by atoms with Gasteiger partial charge in [-0.15, -0.1) is 0 Å². The number of halogens is 1. The van der Waals surface area contributed by atoms with E-state index in [0.717, 1.165) is 22.2 Å². The molecular weight excluding hydrogens is 342 g/mol. The molecule has 0 aromatic heterocycles. The first-order valence-corrected chi connectivity index (χ1v) is 8.20. The molecule has 4 heteroatoms. The van der Waals surface area contributed by atoms with Crippen molar-refractivity contribution >= 4 is 21.8 Å². The Labute approximate surface area is 139 Å². The number of ether oxygens (including phenoxy) is 1. The van der Waals surface area contributed by atoms with Gasteiger partial charge in [0, 0.05) is 4.47 Å². The van der Waals surface area contributed by atoms with Crippen LogP contribution in [-0.2, 0) is 17.6 Å². The number of aryl methyl sites for hydroxylation is 1. The molecule has 0 heterocycles. The van der Waals surface area contributed by atoms with Crippen LogP contribution in [0.25, 0.3) is 0 Å². The van der Waals surface area contributed by atoms with Crippen LogP contribution in [0, 0.1) is 0 Å². The summed E-state index contributed by atoms with van der Waals surface area (Å²) >= 11 is 3.45. The lowest BCUT2D eigenvalue weighted by molar-refractivity contribution is -0.120. The molecule has 1 amide bonds. The largest absolute Gasteiger partial charge is 0.492 e. The average Bonchev–Trinajstić information content (AvgIpc) is 2.54. The average molecular weight is 362 g/mol. The Bertz CT molecular complexity index is 628. The summed E-state index contributed by atoms with van der Waals surface area (Å²) in [6.07, 6.45) is 1.35. The first kappa shape index (κ1) is 16.6. The molecule has 0 spiro atoms. The maximum absolute atomic E-state index is 11.9. The molecule has 0 bridgehead atoms. The van der Waals surface area contributed by atoms with Crippen molar-refractivity contribution in [3.05, 3.63) is 64.1 Å². The molecule has 116 valence electrons. The van der Waals surface area contributed by atoms with Gasteiger partial charge in [-0.1, -0.05) is 53.2 Å². The van der Waals surface area contributed by atoms with Crippen molar-refractivity contribution in [3.8, 4) is 5.75 Å². The lowest BCUT2D eigenvalue weighted by Gasteiger charge is -2.09. The van der Waals surface area contributed by atoms with Gasteiger partial charge in [-0.2, -0.15) is 0 Å². The van der Waals surface area contributed by atoms with Gasteiger partial charge in [0.15, 0.2) is 0 Å². The lowest BCUT2D eigenvalue weighted by Crippen LogP contribution is -2.29. The number of benzene rings is 2. The SMILES string of the molecule is CCc1cccc(OCCNC(=O)Cc2ccccc2Br)c1. The van der Waals surface area contributed by atoms with E-state index in [-0.39, 0.29) is 5.91 Å². The Morgan fingerprint density at radius 3 is 2.77 bits per heavy atom. The molecule has 0 saturated heterocycles. The second-order valence-corrected chi connectivity index (χ2v) is 5.82. The van der Waals surface area contributed by atoms with E-state index < -0.39 is 0 Å². The summed E-state index contributed by atoms with van der Waals surface area (Å²) in [6.45, 7) is 3.08. The Balaban J connectivity index is 1.72. The van der Waals surface area contributed by atoms with Crippen LogP contribution in [0.1, 0.15) is 18.1 Å². The molecular formula is C18H20BrNO2. The second-order valence-electron chi connectivity index (χ2n) is 4.97. The van der Waals surface area contributed by atoms with Crippen LogP contribution in [-0.4, -0.2) is 19.1 Å². The minimum Gasteiger partial charge on any atom is -0.492 e. The van der Waals surface area contributed by atoms with Crippen LogP contribution >= 0.6 is 15.9 Å². The minimum absolute atomic E-state index is 0.00203. The standard InChI is InChI=1S/C18H20BrNO2/c1-2-14-6-5-8-16(12-14)22-11-10-20-18(21)13-15-7-3-4-9-17(15)19/h3-9,12H,2,10-11,13H2,1H3,(H,20,21). The first-order chi connectivity index (χ1) is 10.7. The van der Waals surface area contributed by atoms with Crippen LogP contribution in [0.5, 0.6) is 5.75 Å². The molecule has 0 aliphatic carbocycles. The van der Waals surface area contributed by atoms with Gasteiger partial charge in [0.25, 0.3) is 0 Å². The lowest BCUT2D eigenvalue weighted by atomic mass is 10.1. The van der Waals surface area contributed by atoms with E-state index in [2.05, 4.69) is 34.2 Å². The smallest absolute Gasteiger partial charge is 0.224 e. The van der Waals surface area contributed by atoms with Crippen molar-refractivity contribution in [1.82, 2.24) is 5.32 Å². The molecule has 0 aliphatic heterocycles. The number of amides is 1. The molecule has 0 saturated carbocycles. The van der Waals surface area contributed by atoms with Gasteiger partial charge < -0.3 is 10.1 Å². The van der Waals surface area contributed by atoms with Crippen LogP contribution in [0.3, 0.4) is 0 Å². The first-order valence-electron chi connectivity index (χ1n) is 7.41. The predicted octanol–water partition coefficient (Wildman–Crippen LogP) is 3.75. The molecule has 2 rings (SSSR count). The monoisotopic (exact) mass is 361 g/mol. The summed E-state index contributed by atoms with van der Waals surface area (Å²) in [5.41, 5.74) is 2.23. The minimum atomic E-state index is -0.00203. The molecule has 22 heavy (non-hydrogen) atoms. The highest BCUT2D eigenvalue weighted by atomic mass is 79.9. The number of nitrogens with one attached hydrogen (secondary N) is 1. The van der Waals surface area contributed by atoms with Gasteiger partial charge in [-0.3, -0.25) is 4.79 Å². The summed E-state index contributed by atoms with van der Waals surface area (Å²) in [6, 6.07) is 15.8. The molecule has 2 aromatic carbocycles. The Hall–Kier alpha value is -1.81. The fourth-order valence-electron chi connectivity index (χ4n) is 2.09. The normalized spacial score (nSPS) is 10.3. The molecule has 0 atom stereocenters. The predicted molar refractivity (Wildman–Crippen MR) is 92.2 cm³/mol. The summed E-state index contributed by atoms with van der Waals surface area (Å²) in [7, 11) is 0. The Kier molecular flexibility index (Phi) is 6.46. The number of carbonyl (C=O) groups is 1. The highest BCUT2D eigenvalue weighted by Crippen LogP contribution is 2.16. The molecule has 0 radical (unpaired) electrons. The Morgan fingerprint density at radius 1 is 1.18 bits per heavy atom. The fourth-order valence-corrected chi connectivity index (χ4v) is 2.52. The van der Waals surface area contributed by atoms with E-state index in [0.29, 0.717) is 19.6 Å². The third kappa shape index (κ3) is 5.19. The van der Waals surface area contributed by atoms with E-state index >= 15 is 0 Å². The van der Waals surface area contributed by atoms with Gasteiger partial charge in [-0.05, 0) is 35.7 Å². The van der Waals surface area contributed by atoms with Gasteiger partial charge in [0.1, 0.15) is 12.4 Å². The van der Waals surface area contributed by atoms with E-state index in [1.54, 1.807) is 0 Å². The molecule has 3 nitrogen and oxygen atoms in total. The number of rotatable bonds is 7. The second kappa shape index (κ2) is 8.59. The fraction of sp³-hybridized carbons (Fsp3) is 0.278. The molecule has 0 fully saturated rings. The quantitative estimate of drug-likeness (QED) is 0.762. The number of hydrogen-bond donors (Lipinski definition) is 1. The van der Waals surface area contributed by atoms with Crippen molar-refractivity contribution < 1.29 is 9.53 Å². The van der Waals surface area contributed by atoms with Crippen LogP contribution in [0.2, 0.25) is 0 Å². The molecule has 1 N–H and O–H groups in total. The highest BCUT2D eigenvalue weighted by molar-refractivity contribution is 9.10. The third-order valence-corrected chi connectivity index (χ3v) is 4.08. The Morgan fingerprint density at radius 2 is 2.00 bits per heavy atom. The van der Waals surface area contributed by atoms with Crippen molar-refractivity contribution in [2.45, 2.75) is 19.8 Å². The third-order valence-electron chi connectivity index (χ3n) is 3.31. The topological polar surface area (TPSA) is 38.3 Å². The van der Waals surface area contributed by atoms with Crippen LogP contribution < -0.4 is 10.1 Å². The van der Waals surface area contributed by atoms with Gasteiger partial charge in [0.05, 0.1) is 13.0 Å². The van der Waals surface area contributed by atoms with Crippen LogP contribution in [0.15, 0.2) is 53.0 Å². The maximum Gasteiger partial charge on any atom is 0.224 e. The number of carbonyl (C=O) groups excluding carboxylic acids is 1. The van der Waals surface area contributed by atoms with Crippen LogP contribution in [0.4, 0.5) is 0 Å². The molecule has 0 unspecified atom stereocenters. The van der Waals surface area contributed by atoms with E-state index in [9.17, 15) is 4.79 Å². The highest BCUT2D eigenvalue weighted by Gasteiger charge is 2.05. The van der Waals surface area contributed by atoms with E-state index in [1.165, 1.54) is 5.56 Å². The van der Waals surface area contributed by atoms with Gasteiger partial charge in [0.2, 0.25) is 5.91 Å². The summed E-state index contributed by atoms with van der Waals surface area (Å²) < 4.78 is 6.61. The zero-order valence-electron chi connectivity index (χ0n) is 12.6. The van der Waals surface area contributed by atoms with Gasteiger partial charge in [-0.25, -0.2) is 0 Å². The zero-order valence-corrected chi connectivity index (χ0v) is 14.2. The summed E-state index contributed by atoms with van der Waals surface area (Å²) in [5.74, 6) is 0.845. The van der Waals surface area contributed by atoms with Crippen molar-refractivity contribution in [2.24, 2.45) is 0 Å². The van der Waals surface area contributed by atoms with E-state index in [1.807, 2.05) is 42.5 Å². The summed E-state index contributed by atoms with van der Waals surface area (Å²) in [5, 5.41) is 2.87. The zero-order chi connectivity index (χ0) is 15.8. The maximum atomic E-state index is 11.9. The summed E-state index contributed by atoms with van der Waals surface area (Å²) in [4.78, 5) is 11.9. The van der Waals surface area contributed by atoms with E-state index in [4.69, 9.17) is 4.74 Å². The van der Waals surface area contributed by atoms with Crippen molar-refractivity contribution in [3.63, 3.8) is 0 Å². The molecule has 0 aliphatic rings. The number of hydrogen-bond acceptors (Lipinski definition) is 2. The van der Waals surface area contributed by atoms with Crippen molar-refractivity contribution in [2.75, 3.05) is 13.2 Å². The van der Waals surface area contributed by atoms with Gasteiger partial charge >= 0.3 is 0 Å².